The number of aromatic nitrogens is 1. The van der Waals surface area contributed by atoms with Crippen molar-refractivity contribution in [1.29, 1.82) is 0 Å². The highest BCUT2D eigenvalue weighted by molar-refractivity contribution is 7.11. The number of methoxy groups -OCH3 is 1. The molecule has 7 nitrogen and oxygen atoms in total. The number of thiophene rings is 1. The third-order valence-corrected chi connectivity index (χ3v) is 6.64. The molecule has 3 heterocycles. The lowest BCUT2D eigenvalue weighted by Crippen LogP contribution is -2.39. The van der Waals surface area contributed by atoms with Gasteiger partial charge < -0.3 is 14.2 Å². The van der Waals surface area contributed by atoms with Gasteiger partial charge in [0, 0.05) is 11.1 Å². The maximum absolute atomic E-state index is 13.4. The predicted octanol–water partition coefficient (Wildman–Crippen LogP) is 2.88. The maximum Gasteiger partial charge on any atom is 0.337 e. The fourth-order valence-corrected chi connectivity index (χ4v) is 5.18. The molecule has 0 unspecified atom stereocenters. The van der Waals surface area contributed by atoms with Gasteiger partial charge in [-0.3, -0.25) is 9.36 Å². The zero-order valence-corrected chi connectivity index (χ0v) is 19.5. The number of fused-ring (bicyclic) bond motifs is 1. The molecule has 2 aromatic heterocycles. The first kappa shape index (κ1) is 22.0. The van der Waals surface area contributed by atoms with Crippen LogP contribution in [-0.2, 0) is 9.53 Å². The first-order valence-electron chi connectivity index (χ1n) is 10.1. The topological polar surface area (TPSA) is 79.1 Å². The van der Waals surface area contributed by atoms with Gasteiger partial charge in [0.25, 0.3) is 5.56 Å². The van der Waals surface area contributed by atoms with Gasteiger partial charge in [-0.1, -0.05) is 23.5 Å². The van der Waals surface area contributed by atoms with Gasteiger partial charge in [0.1, 0.15) is 0 Å². The number of ether oxygens (including phenoxy) is 3. The zero-order valence-electron chi connectivity index (χ0n) is 17.9. The monoisotopic (exact) mass is 470 g/mol. The number of nitrogens with zero attached hydrogens (tertiary/aromatic N) is 2. The van der Waals surface area contributed by atoms with E-state index in [-0.39, 0.29) is 11.1 Å². The van der Waals surface area contributed by atoms with Crippen LogP contribution in [0.15, 0.2) is 57.3 Å². The molecule has 0 saturated carbocycles. The summed E-state index contributed by atoms with van der Waals surface area (Å²) in [5, 5.41) is 1.95. The summed E-state index contributed by atoms with van der Waals surface area (Å²) in [6.45, 7) is 4.72. The number of benzene rings is 1. The lowest BCUT2D eigenvalue weighted by atomic mass is 9.97. The fourth-order valence-electron chi connectivity index (χ4n) is 3.49. The van der Waals surface area contributed by atoms with Gasteiger partial charge >= 0.3 is 5.97 Å². The highest BCUT2D eigenvalue weighted by Gasteiger charge is 2.31. The second-order valence-electron chi connectivity index (χ2n) is 6.76. The summed E-state index contributed by atoms with van der Waals surface area (Å²) in [5.41, 5.74) is 0.759. The summed E-state index contributed by atoms with van der Waals surface area (Å²) in [4.78, 5) is 31.9. The maximum atomic E-state index is 13.4. The number of hydrogen-bond acceptors (Lipinski definition) is 8. The average Bonchev–Trinajstić information content (AvgIpc) is 3.42. The molecular weight excluding hydrogens is 448 g/mol. The average molecular weight is 471 g/mol. The molecule has 9 heteroatoms. The first-order valence-corrected chi connectivity index (χ1v) is 11.8. The van der Waals surface area contributed by atoms with Crippen molar-refractivity contribution in [2.24, 2.45) is 4.99 Å². The molecule has 0 fully saturated rings. The third kappa shape index (κ3) is 4.13. The summed E-state index contributed by atoms with van der Waals surface area (Å²) in [6.07, 6.45) is 3.32. The Morgan fingerprint density at radius 1 is 1.19 bits per heavy atom. The van der Waals surface area contributed by atoms with E-state index in [1.807, 2.05) is 43.5 Å². The van der Waals surface area contributed by atoms with Gasteiger partial charge in [-0.25, -0.2) is 9.79 Å². The number of carbonyl (C=O) groups is 1. The van der Waals surface area contributed by atoms with Crippen molar-refractivity contribution in [2.75, 3.05) is 20.3 Å². The molecule has 0 amide bonds. The quantitative estimate of drug-likeness (QED) is 0.496. The van der Waals surface area contributed by atoms with Crippen LogP contribution < -0.4 is 24.4 Å². The van der Waals surface area contributed by atoms with E-state index in [9.17, 15) is 9.59 Å². The molecule has 1 atom stereocenters. The van der Waals surface area contributed by atoms with E-state index in [0.29, 0.717) is 39.6 Å². The number of hydrogen-bond donors (Lipinski definition) is 0. The largest absolute Gasteiger partial charge is 0.490 e. The molecule has 1 aromatic carbocycles. The van der Waals surface area contributed by atoms with Crippen LogP contribution in [0.3, 0.4) is 0 Å². The van der Waals surface area contributed by atoms with Crippen molar-refractivity contribution in [3.8, 4) is 11.5 Å². The van der Waals surface area contributed by atoms with Gasteiger partial charge in [0.05, 0.1) is 36.5 Å². The summed E-state index contributed by atoms with van der Waals surface area (Å²) in [7, 11) is 1.31. The molecule has 0 bridgehead atoms. The van der Waals surface area contributed by atoms with E-state index in [0.717, 1.165) is 4.88 Å². The first-order chi connectivity index (χ1) is 15.6. The molecule has 3 aromatic rings. The predicted molar refractivity (Wildman–Crippen MR) is 124 cm³/mol. The van der Waals surface area contributed by atoms with Crippen LogP contribution >= 0.6 is 22.7 Å². The zero-order chi connectivity index (χ0) is 22.7. The molecule has 1 aliphatic rings. The van der Waals surface area contributed by atoms with E-state index in [2.05, 4.69) is 4.99 Å². The Morgan fingerprint density at radius 3 is 2.66 bits per heavy atom. The van der Waals surface area contributed by atoms with Crippen molar-refractivity contribution < 1.29 is 19.0 Å². The molecule has 0 saturated heterocycles. The lowest BCUT2D eigenvalue weighted by Gasteiger charge is -2.23. The van der Waals surface area contributed by atoms with Crippen LogP contribution in [0.4, 0.5) is 0 Å². The van der Waals surface area contributed by atoms with Crippen LogP contribution in [0.2, 0.25) is 0 Å². The number of carbonyl (C=O) groups excluding carboxylic acids is 1. The van der Waals surface area contributed by atoms with E-state index in [1.165, 1.54) is 24.6 Å². The Balaban J connectivity index is 1.91. The summed E-state index contributed by atoms with van der Waals surface area (Å²) in [5.74, 6) is 0.610. The lowest BCUT2D eigenvalue weighted by molar-refractivity contribution is -0.136. The molecule has 32 heavy (non-hydrogen) atoms. The Bertz CT molecular complexity index is 1340. The van der Waals surface area contributed by atoms with Crippen LogP contribution in [0, 0.1) is 0 Å². The highest BCUT2D eigenvalue weighted by atomic mass is 32.1. The van der Waals surface area contributed by atoms with Gasteiger partial charge in [-0.05, 0) is 49.1 Å². The van der Waals surface area contributed by atoms with E-state index in [4.69, 9.17) is 14.2 Å². The van der Waals surface area contributed by atoms with Crippen LogP contribution in [0.25, 0.3) is 6.08 Å². The molecule has 1 aliphatic heterocycles. The molecular formula is C23H22N2O5S2. The molecule has 0 spiro atoms. The summed E-state index contributed by atoms with van der Waals surface area (Å²) >= 11 is 2.84. The third-order valence-electron chi connectivity index (χ3n) is 4.82. The smallest absolute Gasteiger partial charge is 0.337 e. The van der Waals surface area contributed by atoms with E-state index >= 15 is 0 Å². The van der Waals surface area contributed by atoms with Crippen molar-refractivity contribution in [3.63, 3.8) is 0 Å². The van der Waals surface area contributed by atoms with Crippen molar-refractivity contribution in [3.05, 3.63) is 77.6 Å². The minimum atomic E-state index is -0.695. The minimum absolute atomic E-state index is 0.214. The number of esters is 1. The van der Waals surface area contributed by atoms with Gasteiger partial charge in [0.15, 0.2) is 16.3 Å². The van der Waals surface area contributed by atoms with Gasteiger partial charge in [0.2, 0.25) is 0 Å². The van der Waals surface area contributed by atoms with Gasteiger partial charge in [-0.2, -0.15) is 0 Å². The molecule has 0 radical (unpaired) electrons. The Morgan fingerprint density at radius 2 is 1.97 bits per heavy atom. The second kappa shape index (κ2) is 9.54. The standard InChI is InChI=1S/C23H22N2O5S2/c1-4-29-17-9-8-14(11-18(17)30-5-2)20-16(22(27)28-3)13-24-23-25(20)21(26)19(32-23)12-15-7-6-10-31-15/h6-13,20H,4-5H2,1-3H3/b19-12-/t20-/m0/s1. The van der Waals surface area contributed by atoms with Crippen LogP contribution in [0.5, 0.6) is 11.5 Å². The van der Waals surface area contributed by atoms with E-state index in [1.54, 1.807) is 28.0 Å². The fraction of sp³-hybridized carbons (Fsp3) is 0.261. The summed E-state index contributed by atoms with van der Waals surface area (Å²) in [6, 6.07) is 8.61. The SMILES string of the molecule is CCOc1ccc([C@H]2C(C(=O)OC)=CN=c3s/c(=C\c4cccs4)c(=O)n32)cc1OCC. The molecule has 4 rings (SSSR count). The van der Waals surface area contributed by atoms with Crippen molar-refractivity contribution >= 4 is 34.7 Å². The van der Waals surface area contributed by atoms with Crippen molar-refractivity contribution in [1.82, 2.24) is 4.57 Å². The number of rotatable bonds is 7. The van der Waals surface area contributed by atoms with E-state index < -0.39 is 12.0 Å². The molecule has 0 N–H and O–H groups in total. The number of thiazole rings is 1. The normalized spacial score (nSPS) is 15.5. The Hall–Kier alpha value is -3.17. The van der Waals surface area contributed by atoms with Crippen LogP contribution in [-0.4, -0.2) is 30.9 Å². The minimum Gasteiger partial charge on any atom is -0.490 e. The second-order valence-corrected chi connectivity index (χ2v) is 8.75. The Kier molecular flexibility index (Phi) is 6.57. The highest BCUT2D eigenvalue weighted by Crippen LogP contribution is 2.35. The molecule has 0 aliphatic carbocycles. The van der Waals surface area contributed by atoms with Crippen LogP contribution in [0.1, 0.15) is 30.3 Å². The van der Waals surface area contributed by atoms with Crippen molar-refractivity contribution in [2.45, 2.75) is 19.9 Å². The Labute approximate surface area is 192 Å². The summed E-state index contributed by atoms with van der Waals surface area (Å²) < 4.78 is 18.5. The van der Waals surface area contributed by atoms with Gasteiger partial charge in [-0.15, -0.1) is 11.3 Å². The molecule has 166 valence electrons.